The fourth-order valence-corrected chi connectivity index (χ4v) is 3.65. The monoisotopic (exact) mass is 466 g/mol. The maximum atomic E-state index is 5.85. The van der Waals surface area contributed by atoms with Gasteiger partial charge in [-0.3, -0.25) is 4.99 Å². The SMILES string of the molecule is COCC(C)NC(N)=NCCc1ccc(-c2csc(C)n2)s1.I. The lowest BCUT2D eigenvalue weighted by molar-refractivity contribution is 0.179. The molecule has 2 aromatic rings. The average molecular weight is 466 g/mol. The number of aromatic nitrogens is 1. The molecule has 8 heteroatoms. The number of ether oxygens (including phenoxy) is 1. The Balaban J connectivity index is 0.00000264. The van der Waals surface area contributed by atoms with Gasteiger partial charge >= 0.3 is 0 Å². The molecule has 2 rings (SSSR count). The minimum absolute atomic E-state index is 0. The van der Waals surface area contributed by atoms with E-state index in [9.17, 15) is 0 Å². The molecule has 0 spiro atoms. The maximum absolute atomic E-state index is 5.85. The summed E-state index contributed by atoms with van der Waals surface area (Å²) < 4.78 is 5.05. The van der Waals surface area contributed by atoms with E-state index in [4.69, 9.17) is 10.5 Å². The molecule has 0 fully saturated rings. The van der Waals surface area contributed by atoms with Crippen molar-refractivity contribution in [3.63, 3.8) is 0 Å². The van der Waals surface area contributed by atoms with Crippen LogP contribution in [0.5, 0.6) is 0 Å². The molecule has 3 N–H and O–H groups in total. The Morgan fingerprint density at radius 2 is 2.26 bits per heavy atom. The van der Waals surface area contributed by atoms with Gasteiger partial charge in [0.1, 0.15) is 0 Å². The number of hydrogen-bond acceptors (Lipinski definition) is 5. The highest BCUT2D eigenvalue weighted by molar-refractivity contribution is 14.0. The van der Waals surface area contributed by atoms with Crippen molar-refractivity contribution >= 4 is 52.6 Å². The minimum atomic E-state index is 0. The number of halogens is 1. The Morgan fingerprint density at radius 3 is 2.91 bits per heavy atom. The standard InChI is InChI=1S/C15H22N4OS2.HI/c1-10(8-20-3)18-15(16)17-7-6-12-4-5-14(22-12)13-9-21-11(2)19-13;/h4-5,9-10H,6-8H2,1-3H3,(H3,16,17,18);1H. The van der Waals surface area contributed by atoms with E-state index in [-0.39, 0.29) is 30.0 Å². The molecule has 0 aromatic carbocycles. The molecule has 0 amide bonds. The number of hydrogen-bond donors (Lipinski definition) is 2. The van der Waals surface area contributed by atoms with Crippen LogP contribution in [-0.2, 0) is 11.2 Å². The van der Waals surface area contributed by atoms with Crippen LogP contribution in [0.15, 0.2) is 22.5 Å². The van der Waals surface area contributed by atoms with Crippen LogP contribution in [0.1, 0.15) is 16.8 Å². The number of thiophene rings is 1. The van der Waals surface area contributed by atoms with Crippen LogP contribution in [0.2, 0.25) is 0 Å². The Kier molecular flexibility index (Phi) is 9.03. The van der Waals surface area contributed by atoms with E-state index in [1.165, 1.54) is 9.75 Å². The van der Waals surface area contributed by atoms with E-state index in [1.807, 2.05) is 13.8 Å². The molecule has 5 nitrogen and oxygen atoms in total. The summed E-state index contributed by atoms with van der Waals surface area (Å²) in [7, 11) is 1.67. The second-order valence-electron chi connectivity index (χ2n) is 5.04. The summed E-state index contributed by atoms with van der Waals surface area (Å²) in [6.07, 6.45) is 0.884. The first-order valence-electron chi connectivity index (χ1n) is 7.15. The Morgan fingerprint density at radius 1 is 1.48 bits per heavy atom. The number of thiazole rings is 1. The number of nitrogens with one attached hydrogen (secondary N) is 1. The quantitative estimate of drug-likeness (QED) is 0.373. The molecule has 0 aliphatic carbocycles. The van der Waals surface area contributed by atoms with E-state index in [2.05, 4.69) is 32.8 Å². The van der Waals surface area contributed by atoms with Gasteiger partial charge in [-0.1, -0.05) is 0 Å². The largest absolute Gasteiger partial charge is 0.383 e. The number of nitrogens with zero attached hydrogens (tertiary/aromatic N) is 2. The molecule has 0 aliphatic heterocycles. The Hall–Kier alpha value is -0.710. The van der Waals surface area contributed by atoms with Crippen molar-refractivity contribution in [2.24, 2.45) is 10.7 Å². The van der Waals surface area contributed by atoms with E-state index in [1.54, 1.807) is 29.8 Å². The summed E-state index contributed by atoms with van der Waals surface area (Å²) >= 11 is 3.45. The van der Waals surface area contributed by atoms with Gasteiger partial charge in [-0.25, -0.2) is 4.98 Å². The molecular formula is C15H23IN4OS2. The van der Waals surface area contributed by atoms with E-state index in [0.717, 1.165) is 17.1 Å². The number of rotatable bonds is 7. The van der Waals surface area contributed by atoms with Gasteiger partial charge in [-0.2, -0.15) is 0 Å². The summed E-state index contributed by atoms with van der Waals surface area (Å²) in [6, 6.07) is 4.43. The lowest BCUT2D eigenvalue weighted by atomic mass is 10.3. The van der Waals surface area contributed by atoms with E-state index in [0.29, 0.717) is 19.1 Å². The highest BCUT2D eigenvalue weighted by Gasteiger charge is 2.06. The Bertz CT molecular complexity index is 627. The van der Waals surface area contributed by atoms with Crippen molar-refractivity contribution in [3.8, 4) is 10.6 Å². The van der Waals surface area contributed by atoms with Crippen molar-refractivity contribution in [1.29, 1.82) is 0 Å². The number of nitrogens with two attached hydrogens (primary N) is 1. The van der Waals surface area contributed by atoms with Crippen LogP contribution < -0.4 is 11.1 Å². The van der Waals surface area contributed by atoms with Crippen molar-refractivity contribution < 1.29 is 4.74 Å². The van der Waals surface area contributed by atoms with Gasteiger partial charge in [0.05, 0.1) is 22.2 Å². The van der Waals surface area contributed by atoms with Gasteiger partial charge < -0.3 is 15.8 Å². The normalized spacial score (nSPS) is 12.7. The number of aliphatic imine (C=N–C) groups is 1. The predicted molar refractivity (Wildman–Crippen MR) is 110 cm³/mol. The first-order valence-corrected chi connectivity index (χ1v) is 8.84. The van der Waals surface area contributed by atoms with Crippen LogP contribution >= 0.6 is 46.7 Å². The average Bonchev–Trinajstić information content (AvgIpc) is 3.08. The summed E-state index contributed by atoms with van der Waals surface area (Å²) in [5.74, 6) is 0.469. The second kappa shape index (κ2) is 10.2. The molecule has 1 atom stereocenters. The van der Waals surface area contributed by atoms with Crippen LogP contribution in [0.4, 0.5) is 0 Å². The third-order valence-electron chi connectivity index (χ3n) is 2.98. The second-order valence-corrected chi connectivity index (χ2v) is 7.27. The number of aryl methyl sites for hydroxylation is 1. The van der Waals surface area contributed by atoms with Gasteiger partial charge in [0, 0.05) is 36.4 Å². The number of methoxy groups -OCH3 is 1. The van der Waals surface area contributed by atoms with Gasteiger partial charge in [0.2, 0.25) is 0 Å². The molecule has 0 saturated heterocycles. The molecule has 128 valence electrons. The van der Waals surface area contributed by atoms with Gasteiger partial charge in [0.25, 0.3) is 0 Å². The minimum Gasteiger partial charge on any atom is -0.383 e. The lowest BCUT2D eigenvalue weighted by Crippen LogP contribution is -2.40. The fraction of sp³-hybridized carbons (Fsp3) is 0.467. The topological polar surface area (TPSA) is 72.5 Å². The first kappa shape index (κ1) is 20.3. The first-order chi connectivity index (χ1) is 10.6. The summed E-state index contributed by atoms with van der Waals surface area (Å²) in [5, 5.41) is 6.29. The van der Waals surface area contributed by atoms with Crippen LogP contribution in [-0.4, -0.2) is 37.2 Å². The van der Waals surface area contributed by atoms with Crippen molar-refractivity contribution in [2.75, 3.05) is 20.3 Å². The molecule has 2 heterocycles. The fourth-order valence-electron chi connectivity index (χ4n) is 2.00. The third-order valence-corrected chi connectivity index (χ3v) is 4.93. The van der Waals surface area contributed by atoms with Crippen LogP contribution in [0.25, 0.3) is 10.6 Å². The van der Waals surface area contributed by atoms with Crippen molar-refractivity contribution in [2.45, 2.75) is 26.3 Å². The van der Waals surface area contributed by atoms with Gasteiger partial charge in [-0.15, -0.1) is 46.7 Å². The summed E-state index contributed by atoms with van der Waals surface area (Å²) in [6.45, 7) is 5.32. The Labute approximate surface area is 162 Å². The highest BCUT2D eigenvalue weighted by Crippen LogP contribution is 2.29. The van der Waals surface area contributed by atoms with Crippen LogP contribution in [0.3, 0.4) is 0 Å². The molecule has 0 bridgehead atoms. The summed E-state index contributed by atoms with van der Waals surface area (Å²) in [5.41, 5.74) is 6.91. The van der Waals surface area contributed by atoms with E-state index >= 15 is 0 Å². The zero-order valence-electron chi connectivity index (χ0n) is 13.5. The summed E-state index contributed by atoms with van der Waals surface area (Å²) in [4.78, 5) is 11.4. The molecule has 23 heavy (non-hydrogen) atoms. The molecule has 0 aliphatic rings. The van der Waals surface area contributed by atoms with Crippen LogP contribution in [0, 0.1) is 6.92 Å². The lowest BCUT2D eigenvalue weighted by Gasteiger charge is -2.12. The maximum Gasteiger partial charge on any atom is 0.188 e. The highest BCUT2D eigenvalue weighted by atomic mass is 127. The molecule has 2 aromatic heterocycles. The van der Waals surface area contributed by atoms with Gasteiger partial charge in [0.15, 0.2) is 5.96 Å². The number of guanidine groups is 1. The smallest absolute Gasteiger partial charge is 0.188 e. The van der Waals surface area contributed by atoms with Gasteiger partial charge in [-0.05, 0) is 26.0 Å². The molecule has 0 radical (unpaired) electrons. The van der Waals surface area contributed by atoms with E-state index < -0.39 is 0 Å². The third kappa shape index (κ3) is 6.74. The zero-order valence-corrected chi connectivity index (χ0v) is 17.5. The van der Waals surface area contributed by atoms with Crippen molar-refractivity contribution in [1.82, 2.24) is 10.3 Å². The predicted octanol–water partition coefficient (Wildman–Crippen LogP) is 3.28. The molecule has 0 saturated carbocycles. The molecular weight excluding hydrogens is 443 g/mol. The van der Waals surface area contributed by atoms with Crippen molar-refractivity contribution in [3.05, 3.63) is 27.4 Å². The molecule has 1 unspecified atom stereocenters. The zero-order chi connectivity index (χ0) is 15.9.